The molecule has 2 heterocycles. The first-order valence-corrected chi connectivity index (χ1v) is 12.8. The number of fused-ring (bicyclic) bond motifs is 1. The van der Waals surface area contributed by atoms with E-state index in [-0.39, 0.29) is 41.2 Å². The fourth-order valence-corrected chi connectivity index (χ4v) is 6.31. The van der Waals surface area contributed by atoms with E-state index in [9.17, 15) is 18.0 Å². The van der Waals surface area contributed by atoms with Crippen molar-refractivity contribution in [1.82, 2.24) is 14.5 Å². The largest absolute Gasteiger partial charge is 0.495 e. The summed E-state index contributed by atoms with van der Waals surface area (Å²) in [7, 11) is -2.44. The third-order valence-electron chi connectivity index (χ3n) is 6.43. The minimum absolute atomic E-state index is 0.0506. The van der Waals surface area contributed by atoms with Gasteiger partial charge in [-0.25, -0.2) is 13.5 Å². The van der Waals surface area contributed by atoms with Gasteiger partial charge in [0.15, 0.2) is 0 Å². The van der Waals surface area contributed by atoms with Crippen LogP contribution < -0.4 is 10.3 Å². The maximum atomic E-state index is 13.5. The summed E-state index contributed by atoms with van der Waals surface area (Å²) < 4.78 is 38.9. The molecule has 33 heavy (non-hydrogen) atoms. The Morgan fingerprint density at radius 3 is 2.55 bits per heavy atom. The average molecular weight is 476 g/mol. The van der Waals surface area contributed by atoms with E-state index in [0.29, 0.717) is 37.1 Å². The zero-order valence-electron chi connectivity index (χ0n) is 18.9. The van der Waals surface area contributed by atoms with E-state index in [1.54, 1.807) is 25.1 Å². The van der Waals surface area contributed by atoms with Crippen molar-refractivity contribution in [3.05, 3.63) is 39.7 Å². The summed E-state index contributed by atoms with van der Waals surface area (Å²) in [6.07, 6.45) is 4.16. The summed E-state index contributed by atoms with van der Waals surface area (Å²) >= 11 is 0. The van der Waals surface area contributed by atoms with Crippen molar-refractivity contribution in [2.24, 2.45) is 5.92 Å². The number of rotatable bonds is 6. The summed E-state index contributed by atoms with van der Waals surface area (Å²) in [5.41, 5.74) is 2.65. The number of benzene rings is 1. The van der Waals surface area contributed by atoms with E-state index in [0.717, 1.165) is 30.4 Å². The second-order valence-corrected chi connectivity index (χ2v) is 10.3. The number of hydrogen-bond acceptors (Lipinski definition) is 7. The molecular weight excluding hydrogens is 446 g/mol. The van der Waals surface area contributed by atoms with Gasteiger partial charge in [0.1, 0.15) is 10.6 Å². The topological polar surface area (TPSA) is 119 Å². The quantitative estimate of drug-likeness (QED) is 0.637. The second kappa shape index (κ2) is 9.64. The molecular formula is C23H29N3O6S. The van der Waals surface area contributed by atoms with Crippen LogP contribution in [-0.2, 0) is 32.4 Å². The molecule has 0 atom stereocenters. The molecule has 1 aliphatic heterocycles. The van der Waals surface area contributed by atoms with Gasteiger partial charge in [-0.1, -0.05) is 0 Å². The molecule has 2 aliphatic rings. The molecule has 1 aromatic heterocycles. The number of hydrogen-bond donors (Lipinski definition) is 1. The van der Waals surface area contributed by atoms with Gasteiger partial charge in [0.05, 0.1) is 25.3 Å². The van der Waals surface area contributed by atoms with E-state index in [4.69, 9.17) is 9.47 Å². The number of methoxy groups -OCH3 is 1. The molecule has 1 N–H and O–H groups in total. The van der Waals surface area contributed by atoms with Crippen molar-refractivity contribution in [3.8, 4) is 17.0 Å². The van der Waals surface area contributed by atoms with Gasteiger partial charge in [0, 0.05) is 24.2 Å². The molecule has 4 rings (SSSR count). The summed E-state index contributed by atoms with van der Waals surface area (Å²) in [6, 6.07) is 4.96. The van der Waals surface area contributed by atoms with Gasteiger partial charge in [0.25, 0.3) is 5.56 Å². The van der Waals surface area contributed by atoms with Crippen LogP contribution in [0.3, 0.4) is 0 Å². The first-order chi connectivity index (χ1) is 15.9. The van der Waals surface area contributed by atoms with Crippen LogP contribution in [-0.4, -0.2) is 55.7 Å². The summed E-state index contributed by atoms with van der Waals surface area (Å²) in [5.74, 6) is -0.325. The number of aromatic amines is 1. The van der Waals surface area contributed by atoms with Crippen molar-refractivity contribution in [2.45, 2.75) is 50.3 Å². The molecule has 1 aliphatic carbocycles. The lowest BCUT2D eigenvalue weighted by atomic mass is 9.90. The molecule has 178 valence electrons. The Morgan fingerprint density at radius 1 is 1.18 bits per heavy atom. The third kappa shape index (κ3) is 4.54. The zero-order valence-corrected chi connectivity index (χ0v) is 19.7. The SMILES string of the molecule is CCOC(=O)C1CCN(S(=O)(=O)c2cc(-c3n[nH]c(=O)c4c3CCCC4)ccc2OC)CC1. The van der Waals surface area contributed by atoms with Crippen LogP contribution in [0.2, 0.25) is 0 Å². The maximum absolute atomic E-state index is 13.5. The fraction of sp³-hybridized carbons (Fsp3) is 0.522. The Kier molecular flexibility index (Phi) is 6.85. The minimum atomic E-state index is -3.87. The number of carbonyl (C=O) groups excluding carboxylic acids is 1. The molecule has 1 aromatic carbocycles. The van der Waals surface area contributed by atoms with Crippen LogP contribution in [0.5, 0.6) is 5.75 Å². The Labute approximate surface area is 193 Å². The van der Waals surface area contributed by atoms with Gasteiger partial charge in [-0.3, -0.25) is 9.59 Å². The highest BCUT2D eigenvalue weighted by molar-refractivity contribution is 7.89. The van der Waals surface area contributed by atoms with Gasteiger partial charge in [-0.15, -0.1) is 0 Å². The molecule has 0 saturated carbocycles. The van der Waals surface area contributed by atoms with E-state index < -0.39 is 10.0 Å². The lowest BCUT2D eigenvalue weighted by molar-refractivity contribution is -0.149. The molecule has 0 spiro atoms. The highest BCUT2D eigenvalue weighted by Crippen LogP contribution is 2.35. The highest BCUT2D eigenvalue weighted by Gasteiger charge is 2.34. The lowest BCUT2D eigenvalue weighted by Crippen LogP contribution is -2.40. The lowest BCUT2D eigenvalue weighted by Gasteiger charge is -2.30. The van der Waals surface area contributed by atoms with Crippen molar-refractivity contribution < 1.29 is 22.7 Å². The standard InChI is InChI=1S/C23H29N3O6S/c1-3-32-23(28)15-10-12-26(13-11-15)33(29,30)20-14-16(8-9-19(20)31-2)21-17-6-4-5-7-18(17)22(27)25-24-21/h8-9,14-15H,3-7,10-13H2,1-2H3,(H,25,27). The molecule has 2 aromatic rings. The molecule has 1 fully saturated rings. The molecule has 1 saturated heterocycles. The smallest absolute Gasteiger partial charge is 0.309 e. The average Bonchev–Trinajstić information content (AvgIpc) is 2.84. The number of ether oxygens (including phenoxy) is 2. The monoisotopic (exact) mass is 475 g/mol. The van der Waals surface area contributed by atoms with E-state index in [1.807, 2.05) is 0 Å². The van der Waals surface area contributed by atoms with Crippen molar-refractivity contribution >= 4 is 16.0 Å². The summed E-state index contributed by atoms with van der Waals surface area (Å²) in [5, 5.41) is 6.82. The molecule has 10 heteroatoms. The molecule has 0 amide bonds. The molecule has 0 bridgehead atoms. The summed E-state index contributed by atoms with van der Waals surface area (Å²) in [4.78, 5) is 24.3. The maximum Gasteiger partial charge on any atom is 0.309 e. The number of nitrogens with zero attached hydrogens (tertiary/aromatic N) is 2. The minimum Gasteiger partial charge on any atom is -0.495 e. The van der Waals surface area contributed by atoms with E-state index >= 15 is 0 Å². The van der Waals surface area contributed by atoms with Gasteiger partial charge < -0.3 is 9.47 Å². The number of carbonyl (C=O) groups is 1. The Hall–Kier alpha value is -2.72. The molecule has 0 unspecified atom stereocenters. The van der Waals surface area contributed by atoms with Gasteiger partial charge in [-0.2, -0.15) is 9.40 Å². The van der Waals surface area contributed by atoms with Gasteiger partial charge in [-0.05, 0) is 69.2 Å². The van der Waals surface area contributed by atoms with Gasteiger partial charge >= 0.3 is 5.97 Å². The highest BCUT2D eigenvalue weighted by atomic mass is 32.2. The van der Waals surface area contributed by atoms with Crippen LogP contribution in [0, 0.1) is 5.92 Å². The van der Waals surface area contributed by atoms with Crippen LogP contribution in [0.1, 0.15) is 43.7 Å². The predicted octanol–water partition coefficient (Wildman–Crippen LogP) is 2.29. The normalized spacial score (nSPS) is 17.4. The predicted molar refractivity (Wildman–Crippen MR) is 122 cm³/mol. The number of esters is 1. The first kappa shape index (κ1) is 23.4. The number of nitrogens with one attached hydrogen (secondary N) is 1. The van der Waals surface area contributed by atoms with Crippen molar-refractivity contribution in [3.63, 3.8) is 0 Å². The number of H-pyrrole nitrogens is 1. The van der Waals surface area contributed by atoms with Gasteiger partial charge in [0.2, 0.25) is 10.0 Å². The zero-order chi connectivity index (χ0) is 23.6. The number of piperidine rings is 1. The van der Waals surface area contributed by atoms with Crippen LogP contribution in [0.25, 0.3) is 11.3 Å². The Bertz CT molecular complexity index is 1200. The van der Waals surface area contributed by atoms with Crippen LogP contribution in [0.15, 0.2) is 27.9 Å². The number of aromatic nitrogens is 2. The van der Waals surface area contributed by atoms with Crippen molar-refractivity contribution in [1.29, 1.82) is 0 Å². The fourth-order valence-electron chi connectivity index (χ4n) is 4.65. The Morgan fingerprint density at radius 2 is 1.88 bits per heavy atom. The second-order valence-electron chi connectivity index (χ2n) is 8.36. The third-order valence-corrected chi connectivity index (χ3v) is 8.35. The molecule has 9 nitrogen and oxygen atoms in total. The summed E-state index contributed by atoms with van der Waals surface area (Å²) in [6.45, 7) is 2.52. The van der Waals surface area contributed by atoms with Crippen molar-refractivity contribution in [2.75, 3.05) is 26.8 Å². The van der Waals surface area contributed by atoms with Crippen LogP contribution >= 0.6 is 0 Å². The van der Waals surface area contributed by atoms with E-state index in [2.05, 4.69) is 10.2 Å². The first-order valence-electron chi connectivity index (χ1n) is 11.3. The number of sulfonamides is 1. The molecule has 0 radical (unpaired) electrons. The van der Waals surface area contributed by atoms with E-state index in [1.165, 1.54) is 11.4 Å². The van der Waals surface area contributed by atoms with Crippen LogP contribution in [0.4, 0.5) is 0 Å². The Balaban J connectivity index is 1.67.